The third kappa shape index (κ3) is 4.49. The van der Waals surface area contributed by atoms with Crippen LogP contribution in [0.1, 0.15) is 5.69 Å². The highest BCUT2D eigenvalue weighted by Crippen LogP contribution is 2.26. The van der Waals surface area contributed by atoms with Crippen LogP contribution in [0.4, 0.5) is 5.69 Å². The minimum Gasteiger partial charge on any atom is -0.368 e. The molecule has 28 heavy (non-hydrogen) atoms. The maximum absolute atomic E-state index is 12.7. The van der Waals surface area contributed by atoms with E-state index < -0.39 is 0 Å². The highest BCUT2D eigenvalue weighted by molar-refractivity contribution is 7.13. The van der Waals surface area contributed by atoms with E-state index in [2.05, 4.69) is 16.0 Å². The second kappa shape index (κ2) is 8.52. The molecule has 1 aromatic heterocycles. The number of rotatable bonds is 4. The standard InChI is InChI=1S/C21H19Cl2N3OS/c22-16-6-4-15(5-7-16)21-24-18(14-28-21)13-20(27)26-10-8-25(9-11-26)19-3-1-2-17(23)12-19/h1-7,12,14H,8-11,13H2. The monoisotopic (exact) mass is 431 g/mol. The average molecular weight is 432 g/mol. The van der Waals surface area contributed by atoms with Crippen LogP contribution in [0.3, 0.4) is 0 Å². The molecule has 1 aliphatic rings. The largest absolute Gasteiger partial charge is 0.368 e. The van der Waals surface area contributed by atoms with Gasteiger partial charge in [0.1, 0.15) is 5.01 Å². The highest BCUT2D eigenvalue weighted by Gasteiger charge is 2.22. The van der Waals surface area contributed by atoms with Gasteiger partial charge in [0.05, 0.1) is 12.1 Å². The zero-order chi connectivity index (χ0) is 19.5. The third-order valence-corrected chi connectivity index (χ3v) is 6.21. The summed E-state index contributed by atoms with van der Waals surface area (Å²) >= 11 is 13.6. The lowest BCUT2D eigenvalue weighted by Gasteiger charge is -2.36. The molecule has 4 nitrogen and oxygen atoms in total. The van der Waals surface area contributed by atoms with Crippen LogP contribution in [0, 0.1) is 0 Å². The van der Waals surface area contributed by atoms with E-state index in [4.69, 9.17) is 23.2 Å². The fraction of sp³-hybridized carbons (Fsp3) is 0.238. The van der Waals surface area contributed by atoms with Crippen LogP contribution in [0.2, 0.25) is 10.0 Å². The first-order chi connectivity index (χ1) is 13.6. The number of nitrogens with zero attached hydrogens (tertiary/aromatic N) is 3. The number of amides is 1. The SMILES string of the molecule is O=C(Cc1csc(-c2ccc(Cl)cc2)n1)N1CCN(c2cccc(Cl)c2)CC1. The van der Waals surface area contributed by atoms with Gasteiger partial charge in [0, 0.05) is 52.9 Å². The Morgan fingerprint density at radius 3 is 2.46 bits per heavy atom. The van der Waals surface area contributed by atoms with Crippen molar-refractivity contribution >= 4 is 46.1 Å². The number of piperazine rings is 1. The number of carbonyl (C=O) groups is 1. The smallest absolute Gasteiger partial charge is 0.228 e. The lowest BCUT2D eigenvalue weighted by Crippen LogP contribution is -2.49. The molecule has 0 aliphatic carbocycles. The Hall–Kier alpha value is -2.08. The molecule has 0 bridgehead atoms. The van der Waals surface area contributed by atoms with Gasteiger partial charge in [-0.1, -0.05) is 41.4 Å². The maximum Gasteiger partial charge on any atom is 0.228 e. The number of thiazole rings is 1. The summed E-state index contributed by atoms with van der Waals surface area (Å²) in [6.07, 6.45) is 0.335. The summed E-state index contributed by atoms with van der Waals surface area (Å²) < 4.78 is 0. The lowest BCUT2D eigenvalue weighted by molar-refractivity contribution is -0.130. The minimum absolute atomic E-state index is 0.124. The maximum atomic E-state index is 12.7. The van der Waals surface area contributed by atoms with E-state index in [9.17, 15) is 4.79 Å². The van der Waals surface area contributed by atoms with E-state index in [0.29, 0.717) is 24.5 Å². The van der Waals surface area contributed by atoms with E-state index in [-0.39, 0.29) is 5.91 Å². The van der Waals surface area contributed by atoms with Gasteiger partial charge in [0.25, 0.3) is 0 Å². The molecule has 0 unspecified atom stereocenters. The molecule has 144 valence electrons. The van der Waals surface area contributed by atoms with Gasteiger partial charge < -0.3 is 9.80 Å². The van der Waals surface area contributed by atoms with Crippen LogP contribution >= 0.6 is 34.5 Å². The van der Waals surface area contributed by atoms with Gasteiger partial charge in [-0.15, -0.1) is 11.3 Å². The van der Waals surface area contributed by atoms with Crippen molar-refractivity contribution in [1.29, 1.82) is 0 Å². The Bertz CT molecular complexity index is 966. The third-order valence-electron chi connectivity index (χ3n) is 4.78. The average Bonchev–Trinajstić information content (AvgIpc) is 3.17. The van der Waals surface area contributed by atoms with Crippen LogP contribution in [0.5, 0.6) is 0 Å². The van der Waals surface area contributed by atoms with Crippen LogP contribution in [0.25, 0.3) is 10.6 Å². The van der Waals surface area contributed by atoms with Crippen LogP contribution in [0.15, 0.2) is 53.9 Å². The van der Waals surface area contributed by atoms with Gasteiger partial charge in [0.15, 0.2) is 0 Å². The fourth-order valence-electron chi connectivity index (χ4n) is 3.27. The molecule has 0 atom stereocenters. The van der Waals surface area contributed by atoms with Crippen molar-refractivity contribution < 1.29 is 4.79 Å². The van der Waals surface area contributed by atoms with Crippen molar-refractivity contribution in [3.05, 3.63) is 69.7 Å². The number of benzene rings is 2. The van der Waals surface area contributed by atoms with E-state index >= 15 is 0 Å². The summed E-state index contributed by atoms with van der Waals surface area (Å²) in [6, 6.07) is 15.4. The second-order valence-corrected chi connectivity index (χ2v) is 8.41. The van der Waals surface area contributed by atoms with Crippen molar-refractivity contribution in [1.82, 2.24) is 9.88 Å². The summed E-state index contributed by atoms with van der Waals surface area (Å²) in [6.45, 7) is 3.03. The second-order valence-electron chi connectivity index (χ2n) is 6.68. The molecule has 0 saturated carbocycles. The Labute approximate surface area is 178 Å². The highest BCUT2D eigenvalue weighted by atomic mass is 35.5. The molecular weight excluding hydrogens is 413 g/mol. The van der Waals surface area contributed by atoms with Crippen LogP contribution < -0.4 is 4.90 Å². The first kappa shape index (κ1) is 19.2. The van der Waals surface area contributed by atoms with Gasteiger partial charge in [0.2, 0.25) is 5.91 Å². The Morgan fingerprint density at radius 1 is 1.00 bits per heavy atom. The number of aromatic nitrogens is 1. The van der Waals surface area contributed by atoms with E-state index in [0.717, 1.165) is 40.1 Å². The summed E-state index contributed by atoms with van der Waals surface area (Å²) in [5.74, 6) is 0.124. The van der Waals surface area contributed by atoms with Crippen molar-refractivity contribution in [2.75, 3.05) is 31.1 Å². The van der Waals surface area contributed by atoms with Gasteiger partial charge in [-0.25, -0.2) is 4.98 Å². The van der Waals surface area contributed by atoms with E-state index in [1.54, 1.807) is 11.3 Å². The van der Waals surface area contributed by atoms with Gasteiger partial charge in [-0.05, 0) is 30.3 Å². The number of hydrogen-bond donors (Lipinski definition) is 0. The Balaban J connectivity index is 1.34. The summed E-state index contributed by atoms with van der Waals surface area (Å²) in [4.78, 5) is 21.5. The number of halogens is 2. The molecule has 3 aromatic rings. The Kier molecular flexibility index (Phi) is 5.85. The van der Waals surface area contributed by atoms with Crippen molar-refractivity contribution in [2.24, 2.45) is 0 Å². The summed E-state index contributed by atoms with van der Waals surface area (Å²) in [5.41, 5.74) is 2.94. The molecule has 1 amide bonds. The van der Waals surface area contributed by atoms with Crippen molar-refractivity contribution in [3.8, 4) is 10.6 Å². The van der Waals surface area contributed by atoms with Crippen LogP contribution in [-0.4, -0.2) is 42.0 Å². The zero-order valence-electron chi connectivity index (χ0n) is 15.1. The molecule has 1 aliphatic heterocycles. The van der Waals surface area contributed by atoms with Gasteiger partial charge in [-0.2, -0.15) is 0 Å². The molecule has 0 spiro atoms. The lowest BCUT2D eigenvalue weighted by atomic mass is 10.2. The van der Waals surface area contributed by atoms with Crippen molar-refractivity contribution in [2.45, 2.75) is 6.42 Å². The van der Waals surface area contributed by atoms with Gasteiger partial charge in [-0.3, -0.25) is 4.79 Å². The molecule has 1 saturated heterocycles. The first-order valence-corrected chi connectivity index (χ1v) is 10.7. The normalized spacial score (nSPS) is 14.4. The zero-order valence-corrected chi connectivity index (χ0v) is 17.5. The molecule has 2 heterocycles. The molecule has 0 radical (unpaired) electrons. The predicted octanol–water partition coefficient (Wildman–Crippen LogP) is 5.01. The fourth-order valence-corrected chi connectivity index (χ4v) is 4.40. The number of anilines is 1. The molecule has 2 aromatic carbocycles. The predicted molar refractivity (Wildman–Crippen MR) is 117 cm³/mol. The number of hydrogen-bond acceptors (Lipinski definition) is 4. The molecular formula is C21H19Cl2N3OS. The Morgan fingerprint density at radius 2 is 1.75 bits per heavy atom. The molecule has 0 N–H and O–H groups in total. The topological polar surface area (TPSA) is 36.4 Å². The van der Waals surface area contributed by atoms with E-state index in [1.165, 1.54) is 0 Å². The van der Waals surface area contributed by atoms with E-state index in [1.807, 2.05) is 52.7 Å². The quantitative estimate of drug-likeness (QED) is 0.582. The minimum atomic E-state index is 0.124. The number of carbonyl (C=O) groups excluding carboxylic acids is 1. The first-order valence-electron chi connectivity index (χ1n) is 9.07. The molecule has 4 rings (SSSR count). The summed E-state index contributed by atoms with van der Waals surface area (Å²) in [5, 5.41) is 4.30. The van der Waals surface area contributed by atoms with Gasteiger partial charge >= 0.3 is 0 Å². The van der Waals surface area contributed by atoms with Crippen molar-refractivity contribution in [3.63, 3.8) is 0 Å². The molecule has 7 heteroatoms. The molecule has 1 fully saturated rings. The summed E-state index contributed by atoms with van der Waals surface area (Å²) in [7, 11) is 0. The van der Waals surface area contributed by atoms with Crippen LogP contribution in [-0.2, 0) is 11.2 Å².